The zero-order valence-corrected chi connectivity index (χ0v) is 14.8. The van der Waals surface area contributed by atoms with Crippen LogP contribution in [0.25, 0.3) is 0 Å². The first kappa shape index (κ1) is 20.3. The second-order valence-electron chi connectivity index (χ2n) is 5.20. The maximum absolute atomic E-state index is 14.0. The predicted molar refractivity (Wildman–Crippen MR) is 88.3 cm³/mol. The van der Waals surface area contributed by atoms with Crippen molar-refractivity contribution in [2.45, 2.75) is 19.0 Å². The van der Waals surface area contributed by atoms with Crippen molar-refractivity contribution < 1.29 is 31.8 Å². The monoisotopic (exact) mass is 410 g/mol. The van der Waals surface area contributed by atoms with Gasteiger partial charge in [-0.05, 0) is 42.3 Å². The highest BCUT2D eigenvalue weighted by Crippen LogP contribution is 2.39. The van der Waals surface area contributed by atoms with Gasteiger partial charge >= 0.3 is 12.1 Å². The van der Waals surface area contributed by atoms with Gasteiger partial charge in [0.05, 0.1) is 17.7 Å². The summed E-state index contributed by atoms with van der Waals surface area (Å²) >= 11 is 11.8. The van der Waals surface area contributed by atoms with E-state index in [1.165, 1.54) is 25.3 Å². The Hall–Kier alpha value is -1.99. The van der Waals surface area contributed by atoms with Crippen LogP contribution in [0.3, 0.4) is 0 Å². The van der Waals surface area contributed by atoms with Crippen molar-refractivity contribution in [3.8, 4) is 11.5 Å². The van der Waals surface area contributed by atoms with Crippen molar-refractivity contribution in [1.29, 1.82) is 0 Å². The van der Waals surface area contributed by atoms with Crippen LogP contribution in [0.5, 0.6) is 11.5 Å². The van der Waals surface area contributed by atoms with Gasteiger partial charge in [0.15, 0.2) is 11.6 Å². The lowest BCUT2D eigenvalue weighted by Gasteiger charge is -2.13. The lowest BCUT2D eigenvalue weighted by molar-refractivity contribution is -0.140. The van der Waals surface area contributed by atoms with Gasteiger partial charge in [-0.1, -0.05) is 23.2 Å². The van der Waals surface area contributed by atoms with Gasteiger partial charge in [-0.25, -0.2) is 4.39 Å². The third-order valence-corrected chi connectivity index (χ3v) is 4.04. The number of alkyl halides is 3. The molecule has 0 spiro atoms. The molecule has 0 saturated carbocycles. The lowest BCUT2D eigenvalue weighted by Crippen LogP contribution is -2.06. The van der Waals surface area contributed by atoms with Crippen LogP contribution in [-0.4, -0.2) is 13.1 Å². The van der Waals surface area contributed by atoms with Crippen LogP contribution in [0.15, 0.2) is 30.3 Å². The fraction of sp³-hybridized carbons (Fsp3) is 0.235. The van der Waals surface area contributed by atoms with E-state index in [2.05, 4.69) is 4.74 Å². The number of methoxy groups -OCH3 is 1. The molecule has 0 aliphatic carbocycles. The van der Waals surface area contributed by atoms with Gasteiger partial charge in [0.1, 0.15) is 5.75 Å². The number of ether oxygens (including phenoxy) is 2. The molecule has 2 rings (SSSR count). The van der Waals surface area contributed by atoms with E-state index in [4.69, 9.17) is 27.9 Å². The molecule has 2 aromatic carbocycles. The normalized spacial score (nSPS) is 11.3. The largest absolute Gasteiger partial charge is 0.469 e. The molecule has 0 unspecified atom stereocenters. The average Bonchev–Trinajstić information content (AvgIpc) is 2.56. The summed E-state index contributed by atoms with van der Waals surface area (Å²) in [6.07, 6.45) is -4.43. The van der Waals surface area contributed by atoms with Crippen molar-refractivity contribution in [2.75, 3.05) is 7.11 Å². The maximum atomic E-state index is 14.0. The van der Waals surface area contributed by atoms with Gasteiger partial charge in [-0.15, -0.1) is 0 Å². The van der Waals surface area contributed by atoms with Crippen LogP contribution in [0, 0.1) is 5.82 Å². The number of carbonyl (C=O) groups excluding carboxylic acids is 1. The Morgan fingerprint density at radius 2 is 1.81 bits per heavy atom. The van der Waals surface area contributed by atoms with E-state index < -0.39 is 34.3 Å². The van der Waals surface area contributed by atoms with Crippen LogP contribution in [0.2, 0.25) is 10.0 Å². The standard InChI is InChI=1S/C17H12Cl2F4O3/c1-25-15(24)5-2-9-6-11(3-4-12(9)18)26-16-13(19)7-10(8-14(16)20)17(21,22)23/h3-4,6-8H,2,5H2,1H3. The lowest BCUT2D eigenvalue weighted by atomic mass is 10.1. The minimum absolute atomic E-state index is 0.0646. The van der Waals surface area contributed by atoms with Gasteiger partial charge in [0.2, 0.25) is 0 Å². The maximum Gasteiger partial charge on any atom is 0.416 e. The molecule has 0 saturated heterocycles. The van der Waals surface area contributed by atoms with Crippen molar-refractivity contribution in [2.24, 2.45) is 0 Å². The predicted octanol–water partition coefficient (Wildman–Crippen LogP) is 6.05. The van der Waals surface area contributed by atoms with Crippen LogP contribution >= 0.6 is 23.2 Å². The molecule has 2 aromatic rings. The first-order chi connectivity index (χ1) is 12.1. The van der Waals surface area contributed by atoms with Crippen molar-refractivity contribution >= 4 is 29.2 Å². The third-order valence-electron chi connectivity index (χ3n) is 3.39. The summed E-state index contributed by atoms with van der Waals surface area (Å²) in [5.74, 6) is -2.13. The molecule has 0 radical (unpaired) electrons. The second kappa shape index (κ2) is 8.14. The molecule has 26 heavy (non-hydrogen) atoms. The van der Waals surface area contributed by atoms with E-state index in [1.807, 2.05) is 0 Å². The summed E-state index contributed by atoms with van der Waals surface area (Å²) in [5.41, 5.74) is -0.694. The number of hydrogen-bond acceptors (Lipinski definition) is 3. The van der Waals surface area contributed by atoms with Gasteiger partial charge < -0.3 is 9.47 Å². The average molecular weight is 411 g/mol. The van der Waals surface area contributed by atoms with Gasteiger partial charge in [0.25, 0.3) is 0 Å². The summed E-state index contributed by atoms with van der Waals surface area (Å²) in [6, 6.07) is 5.18. The molecule has 0 aromatic heterocycles. The number of carbonyl (C=O) groups is 1. The highest BCUT2D eigenvalue weighted by Gasteiger charge is 2.32. The number of halogens is 6. The number of hydrogen-bond donors (Lipinski definition) is 0. The molecule has 0 aliphatic rings. The van der Waals surface area contributed by atoms with E-state index in [-0.39, 0.29) is 18.6 Å². The third kappa shape index (κ3) is 5.02. The minimum Gasteiger partial charge on any atom is -0.469 e. The highest BCUT2D eigenvalue weighted by atomic mass is 35.5. The molecule has 9 heteroatoms. The smallest absolute Gasteiger partial charge is 0.416 e. The molecule has 0 aliphatic heterocycles. The Morgan fingerprint density at radius 1 is 1.12 bits per heavy atom. The first-order valence-electron chi connectivity index (χ1n) is 7.21. The van der Waals surface area contributed by atoms with Gasteiger partial charge in [-0.3, -0.25) is 4.79 Å². The van der Waals surface area contributed by atoms with Gasteiger partial charge in [0, 0.05) is 11.4 Å². The van der Waals surface area contributed by atoms with Crippen LogP contribution in [0.4, 0.5) is 17.6 Å². The molecule has 0 amide bonds. The SMILES string of the molecule is COC(=O)CCc1cc(Oc2c(F)cc(C(F)(F)F)cc2Cl)ccc1Cl. The Bertz CT molecular complexity index is 799. The van der Waals surface area contributed by atoms with E-state index >= 15 is 0 Å². The topological polar surface area (TPSA) is 35.5 Å². The number of rotatable bonds is 5. The Morgan fingerprint density at radius 3 is 2.38 bits per heavy atom. The molecule has 0 fully saturated rings. The quantitative estimate of drug-likeness (QED) is 0.444. The van der Waals surface area contributed by atoms with Gasteiger partial charge in [-0.2, -0.15) is 13.2 Å². The second-order valence-corrected chi connectivity index (χ2v) is 6.01. The number of esters is 1. The molecule has 3 nitrogen and oxygen atoms in total. The molecule has 0 N–H and O–H groups in total. The Kier molecular flexibility index (Phi) is 6.36. The summed E-state index contributed by atoms with van der Waals surface area (Å²) in [5, 5.41) is -0.177. The molecular weight excluding hydrogens is 399 g/mol. The van der Waals surface area contributed by atoms with E-state index in [0.29, 0.717) is 22.7 Å². The van der Waals surface area contributed by atoms with E-state index in [9.17, 15) is 22.4 Å². The van der Waals surface area contributed by atoms with Crippen molar-refractivity contribution in [3.63, 3.8) is 0 Å². The first-order valence-corrected chi connectivity index (χ1v) is 7.96. The summed E-state index contributed by atoms with van der Waals surface area (Å²) in [6.45, 7) is 0. The van der Waals surface area contributed by atoms with E-state index in [1.54, 1.807) is 0 Å². The van der Waals surface area contributed by atoms with Crippen molar-refractivity contribution in [1.82, 2.24) is 0 Å². The van der Waals surface area contributed by atoms with Crippen LogP contribution < -0.4 is 4.74 Å². The molecule has 140 valence electrons. The van der Waals surface area contributed by atoms with Crippen molar-refractivity contribution in [3.05, 3.63) is 57.3 Å². The molecular formula is C17H12Cl2F4O3. The minimum atomic E-state index is -4.73. The summed E-state index contributed by atoms with van der Waals surface area (Å²) < 4.78 is 61.8. The zero-order chi connectivity index (χ0) is 19.5. The molecule has 0 atom stereocenters. The summed E-state index contributed by atoms with van der Waals surface area (Å²) in [7, 11) is 1.25. The molecule has 0 bridgehead atoms. The molecule has 0 heterocycles. The highest BCUT2D eigenvalue weighted by molar-refractivity contribution is 6.32. The van der Waals surface area contributed by atoms with Crippen LogP contribution in [0.1, 0.15) is 17.5 Å². The van der Waals surface area contributed by atoms with E-state index in [0.717, 1.165) is 0 Å². The Balaban J connectivity index is 2.27. The number of aryl methyl sites for hydroxylation is 1. The summed E-state index contributed by atoms with van der Waals surface area (Å²) in [4.78, 5) is 11.2. The number of benzene rings is 2. The fourth-order valence-corrected chi connectivity index (χ4v) is 2.54. The van der Waals surface area contributed by atoms with Crippen LogP contribution in [-0.2, 0) is 22.1 Å². The fourth-order valence-electron chi connectivity index (χ4n) is 2.08. The zero-order valence-electron chi connectivity index (χ0n) is 13.3. The Labute approximate surface area is 156 Å².